The predicted molar refractivity (Wildman–Crippen MR) is 78.4 cm³/mol. The Balaban J connectivity index is 2.33. The third-order valence-electron chi connectivity index (χ3n) is 2.41. The largest absolute Gasteiger partial charge is 0.280 e. The van der Waals surface area contributed by atoms with E-state index in [9.17, 15) is 8.42 Å². The molecular formula is C13H8Cl2N2O2S. The van der Waals surface area contributed by atoms with Crippen molar-refractivity contribution in [2.45, 2.75) is 4.90 Å². The highest BCUT2D eigenvalue weighted by Crippen LogP contribution is 2.24. The lowest BCUT2D eigenvalue weighted by atomic mass is 10.2. The van der Waals surface area contributed by atoms with Gasteiger partial charge in [0.05, 0.1) is 16.5 Å². The number of nitriles is 1. The Labute approximate surface area is 126 Å². The first kappa shape index (κ1) is 14.7. The normalized spacial score (nSPS) is 10.8. The van der Waals surface area contributed by atoms with Crippen LogP contribution in [-0.2, 0) is 10.0 Å². The summed E-state index contributed by atoms with van der Waals surface area (Å²) in [7, 11) is -3.78. The molecule has 0 heterocycles. The fourth-order valence-corrected chi connectivity index (χ4v) is 3.29. The summed E-state index contributed by atoms with van der Waals surface area (Å²) in [5.74, 6) is 0. The fraction of sp³-hybridized carbons (Fsp3) is 0. The lowest BCUT2D eigenvalue weighted by molar-refractivity contribution is 0.601. The first-order valence-corrected chi connectivity index (χ1v) is 7.64. The number of nitrogens with zero attached hydrogens (tertiary/aromatic N) is 1. The molecule has 0 aromatic heterocycles. The number of halogens is 2. The summed E-state index contributed by atoms with van der Waals surface area (Å²) in [6, 6.07) is 12.0. The minimum atomic E-state index is -3.78. The first-order chi connectivity index (χ1) is 9.40. The average molecular weight is 327 g/mol. The topological polar surface area (TPSA) is 70.0 Å². The molecule has 0 saturated carbocycles. The van der Waals surface area contributed by atoms with E-state index in [-0.39, 0.29) is 14.9 Å². The summed E-state index contributed by atoms with van der Waals surface area (Å²) < 4.78 is 26.7. The molecule has 0 radical (unpaired) electrons. The molecule has 0 unspecified atom stereocenters. The smallest absolute Gasteiger partial charge is 0.261 e. The van der Waals surface area contributed by atoms with Crippen LogP contribution in [0.3, 0.4) is 0 Å². The number of sulfonamides is 1. The standard InChI is InChI=1S/C13H8Cl2N2O2S/c14-10-5-11(15)7-13(6-10)20(18,19)17-12-3-1-9(8-16)2-4-12/h1-7,17H. The Kier molecular flexibility index (Phi) is 4.19. The highest BCUT2D eigenvalue weighted by Gasteiger charge is 2.15. The molecule has 0 atom stereocenters. The van der Waals surface area contributed by atoms with Crippen molar-refractivity contribution < 1.29 is 8.42 Å². The Morgan fingerprint density at radius 2 is 1.55 bits per heavy atom. The van der Waals surface area contributed by atoms with Crippen LogP contribution in [0, 0.1) is 11.3 Å². The van der Waals surface area contributed by atoms with Gasteiger partial charge in [-0.25, -0.2) is 8.42 Å². The van der Waals surface area contributed by atoms with Gasteiger partial charge in [0.25, 0.3) is 10.0 Å². The monoisotopic (exact) mass is 326 g/mol. The molecule has 20 heavy (non-hydrogen) atoms. The van der Waals surface area contributed by atoms with Crippen LogP contribution in [-0.4, -0.2) is 8.42 Å². The first-order valence-electron chi connectivity index (χ1n) is 5.40. The van der Waals surface area contributed by atoms with Gasteiger partial charge in [0.15, 0.2) is 0 Å². The van der Waals surface area contributed by atoms with E-state index in [0.717, 1.165) is 0 Å². The number of hydrogen-bond acceptors (Lipinski definition) is 3. The zero-order chi connectivity index (χ0) is 14.8. The van der Waals surface area contributed by atoms with Crippen molar-refractivity contribution in [1.82, 2.24) is 0 Å². The Morgan fingerprint density at radius 1 is 1.00 bits per heavy atom. The number of hydrogen-bond donors (Lipinski definition) is 1. The summed E-state index contributed by atoms with van der Waals surface area (Å²) in [5.41, 5.74) is 0.791. The van der Waals surface area contributed by atoms with Gasteiger partial charge in [-0.1, -0.05) is 23.2 Å². The fourth-order valence-electron chi connectivity index (χ4n) is 1.51. The van der Waals surface area contributed by atoms with Gasteiger partial charge in [-0.3, -0.25) is 4.72 Å². The minimum Gasteiger partial charge on any atom is -0.280 e. The van der Waals surface area contributed by atoms with Crippen LogP contribution in [0.5, 0.6) is 0 Å². The quantitative estimate of drug-likeness (QED) is 0.935. The Hall–Kier alpha value is -1.74. The molecule has 0 amide bonds. The number of anilines is 1. The third-order valence-corrected chi connectivity index (χ3v) is 4.21. The summed E-state index contributed by atoms with van der Waals surface area (Å²) in [4.78, 5) is -0.0284. The summed E-state index contributed by atoms with van der Waals surface area (Å²) in [5, 5.41) is 9.15. The SMILES string of the molecule is N#Cc1ccc(NS(=O)(=O)c2cc(Cl)cc(Cl)c2)cc1. The second-order valence-electron chi connectivity index (χ2n) is 3.90. The van der Waals surface area contributed by atoms with Crippen molar-refractivity contribution in [3.8, 4) is 6.07 Å². The van der Waals surface area contributed by atoms with Crippen LogP contribution >= 0.6 is 23.2 Å². The average Bonchev–Trinajstić information content (AvgIpc) is 2.38. The van der Waals surface area contributed by atoms with Crippen LogP contribution in [0.25, 0.3) is 0 Å². The maximum absolute atomic E-state index is 12.2. The van der Waals surface area contributed by atoms with E-state index in [0.29, 0.717) is 11.3 Å². The molecule has 1 N–H and O–H groups in total. The minimum absolute atomic E-state index is 0.0284. The second kappa shape index (κ2) is 5.71. The van der Waals surface area contributed by atoms with E-state index in [2.05, 4.69) is 4.72 Å². The van der Waals surface area contributed by atoms with Gasteiger partial charge in [0.1, 0.15) is 0 Å². The highest BCUT2D eigenvalue weighted by molar-refractivity contribution is 7.92. The van der Waals surface area contributed by atoms with E-state index < -0.39 is 10.0 Å². The molecule has 7 heteroatoms. The molecule has 0 spiro atoms. The van der Waals surface area contributed by atoms with Crippen LogP contribution < -0.4 is 4.72 Å². The van der Waals surface area contributed by atoms with E-state index in [1.54, 1.807) is 0 Å². The molecule has 0 bridgehead atoms. The van der Waals surface area contributed by atoms with Crippen molar-refractivity contribution in [2.75, 3.05) is 4.72 Å². The van der Waals surface area contributed by atoms with Crippen molar-refractivity contribution in [3.63, 3.8) is 0 Å². The van der Waals surface area contributed by atoms with E-state index in [4.69, 9.17) is 28.5 Å². The number of rotatable bonds is 3. The summed E-state index contributed by atoms with van der Waals surface area (Å²) in [6.45, 7) is 0. The molecule has 102 valence electrons. The molecule has 0 aliphatic rings. The van der Waals surface area contributed by atoms with Crippen molar-refractivity contribution in [2.24, 2.45) is 0 Å². The molecule has 4 nitrogen and oxygen atoms in total. The van der Waals surface area contributed by atoms with Gasteiger partial charge in [0, 0.05) is 15.7 Å². The maximum atomic E-state index is 12.2. The molecule has 2 aromatic carbocycles. The van der Waals surface area contributed by atoms with E-state index in [1.165, 1.54) is 42.5 Å². The van der Waals surface area contributed by atoms with Gasteiger partial charge in [-0.05, 0) is 42.5 Å². The van der Waals surface area contributed by atoms with Crippen LogP contribution in [0.2, 0.25) is 10.0 Å². The molecule has 0 aliphatic carbocycles. The lowest BCUT2D eigenvalue weighted by Gasteiger charge is -2.08. The zero-order valence-corrected chi connectivity index (χ0v) is 12.3. The van der Waals surface area contributed by atoms with Crippen molar-refractivity contribution in [1.29, 1.82) is 5.26 Å². The molecule has 0 saturated heterocycles. The maximum Gasteiger partial charge on any atom is 0.261 e. The van der Waals surface area contributed by atoms with Crippen LogP contribution in [0.4, 0.5) is 5.69 Å². The van der Waals surface area contributed by atoms with Crippen molar-refractivity contribution in [3.05, 3.63) is 58.1 Å². The van der Waals surface area contributed by atoms with Gasteiger partial charge >= 0.3 is 0 Å². The molecule has 0 aliphatic heterocycles. The Morgan fingerprint density at radius 3 is 2.05 bits per heavy atom. The molecular weight excluding hydrogens is 319 g/mol. The predicted octanol–water partition coefficient (Wildman–Crippen LogP) is 3.67. The summed E-state index contributed by atoms with van der Waals surface area (Å²) in [6.07, 6.45) is 0. The zero-order valence-electron chi connectivity index (χ0n) is 9.97. The van der Waals surface area contributed by atoms with Crippen molar-refractivity contribution >= 4 is 38.9 Å². The number of nitrogens with one attached hydrogen (secondary N) is 1. The van der Waals surface area contributed by atoms with E-state index >= 15 is 0 Å². The van der Waals surface area contributed by atoms with Gasteiger partial charge in [0.2, 0.25) is 0 Å². The van der Waals surface area contributed by atoms with Crippen LogP contribution in [0.1, 0.15) is 5.56 Å². The van der Waals surface area contributed by atoms with Gasteiger partial charge in [-0.15, -0.1) is 0 Å². The third kappa shape index (κ3) is 3.42. The summed E-state index contributed by atoms with van der Waals surface area (Å²) >= 11 is 11.6. The van der Waals surface area contributed by atoms with E-state index in [1.807, 2.05) is 6.07 Å². The van der Waals surface area contributed by atoms with Crippen LogP contribution in [0.15, 0.2) is 47.4 Å². The lowest BCUT2D eigenvalue weighted by Crippen LogP contribution is -2.12. The Bertz CT molecular complexity index is 761. The highest BCUT2D eigenvalue weighted by atomic mass is 35.5. The molecule has 2 rings (SSSR count). The second-order valence-corrected chi connectivity index (χ2v) is 6.46. The molecule has 2 aromatic rings. The molecule has 0 fully saturated rings. The van der Waals surface area contributed by atoms with Gasteiger partial charge < -0.3 is 0 Å². The number of benzene rings is 2. The van der Waals surface area contributed by atoms with Gasteiger partial charge in [-0.2, -0.15) is 5.26 Å².